The van der Waals surface area contributed by atoms with Crippen LogP contribution in [0.1, 0.15) is 29.1 Å². The Balaban J connectivity index is 1.47. The summed E-state index contributed by atoms with van der Waals surface area (Å²) < 4.78 is 12.9. The number of carbonyl (C=O) groups is 1. The molecule has 0 aliphatic carbocycles. The van der Waals surface area contributed by atoms with Crippen molar-refractivity contribution in [3.8, 4) is 0 Å². The van der Waals surface area contributed by atoms with Gasteiger partial charge in [-0.2, -0.15) is 0 Å². The fraction of sp³-hybridized carbons (Fsp3) is 0.238. The molecule has 0 radical (unpaired) electrons. The van der Waals surface area contributed by atoms with Crippen LogP contribution in [0.2, 0.25) is 0 Å². The maximum atomic E-state index is 12.9. The van der Waals surface area contributed by atoms with Crippen molar-refractivity contribution in [3.05, 3.63) is 93.4 Å². The average molecular weight is 380 g/mol. The van der Waals surface area contributed by atoms with Crippen LogP contribution in [-0.2, 0) is 24.1 Å². The summed E-state index contributed by atoms with van der Waals surface area (Å²) >= 11 is 0. The fourth-order valence-electron chi connectivity index (χ4n) is 2.74. The van der Waals surface area contributed by atoms with E-state index in [4.69, 9.17) is 0 Å². The number of nitrogens with one attached hydrogen (secondary N) is 2. The third-order valence-corrected chi connectivity index (χ3v) is 4.26. The lowest BCUT2D eigenvalue weighted by molar-refractivity contribution is -0.121. The second kappa shape index (κ2) is 9.55. The quantitative estimate of drug-likeness (QED) is 0.627. The Morgan fingerprint density at radius 2 is 1.71 bits per heavy atom. The number of aryl methyl sites for hydroxylation is 1. The molecule has 2 aromatic carbocycles. The number of aromatic nitrogens is 3. The number of H-pyrrole nitrogens is 1. The SMILES string of the molecule is O=C(CCc1nnc(Cc2ccc(F)cc2)[nH]c1=O)NCCc1ccccc1. The average Bonchev–Trinajstić information content (AvgIpc) is 2.70. The molecule has 0 spiro atoms. The third-order valence-electron chi connectivity index (χ3n) is 4.26. The second-order valence-electron chi connectivity index (χ2n) is 6.44. The van der Waals surface area contributed by atoms with Gasteiger partial charge in [-0.15, -0.1) is 10.2 Å². The van der Waals surface area contributed by atoms with Gasteiger partial charge in [0.05, 0.1) is 0 Å². The first-order chi connectivity index (χ1) is 13.6. The molecule has 1 aromatic heterocycles. The monoisotopic (exact) mass is 380 g/mol. The van der Waals surface area contributed by atoms with Crippen molar-refractivity contribution in [1.82, 2.24) is 20.5 Å². The van der Waals surface area contributed by atoms with Gasteiger partial charge in [0.25, 0.3) is 5.56 Å². The Labute approximate surface area is 161 Å². The highest BCUT2D eigenvalue weighted by molar-refractivity contribution is 5.76. The van der Waals surface area contributed by atoms with Crippen molar-refractivity contribution in [1.29, 1.82) is 0 Å². The molecular weight excluding hydrogens is 359 g/mol. The van der Waals surface area contributed by atoms with Crippen LogP contribution in [0.4, 0.5) is 4.39 Å². The van der Waals surface area contributed by atoms with E-state index >= 15 is 0 Å². The Hall–Kier alpha value is -3.35. The van der Waals surface area contributed by atoms with Gasteiger partial charge in [0.2, 0.25) is 5.91 Å². The molecule has 1 amide bonds. The highest BCUT2D eigenvalue weighted by Gasteiger charge is 2.09. The van der Waals surface area contributed by atoms with Crippen LogP contribution in [0.3, 0.4) is 0 Å². The van der Waals surface area contributed by atoms with E-state index in [-0.39, 0.29) is 35.8 Å². The number of nitrogens with zero attached hydrogens (tertiary/aromatic N) is 2. The van der Waals surface area contributed by atoms with Crippen LogP contribution in [-0.4, -0.2) is 27.6 Å². The second-order valence-corrected chi connectivity index (χ2v) is 6.44. The van der Waals surface area contributed by atoms with E-state index in [0.29, 0.717) is 18.8 Å². The molecule has 0 fully saturated rings. The molecule has 2 N–H and O–H groups in total. The molecule has 7 heteroatoms. The predicted molar refractivity (Wildman–Crippen MR) is 103 cm³/mol. The van der Waals surface area contributed by atoms with E-state index in [1.807, 2.05) is 30.3 Å². The van der Waals surface area contributed by atoms with Gasteiger partial charge in [0, 0.05) is 25.8 Å². The van der Waals surface area contributed by atoms with E-state index in [1.165, 1.54) is 12.1 Å². The molecule has 0 saturated heterocycles. The summed E-state index contributed by atoms with van der Waals surface area (Å²) in [5.74, 6) is -0.0547. The van der Waals surface area contributed by atoms with Crippen molar-refractivity contribution in [2.75, 3.05) is 6.54 Å². The third kappa shape index (κ3) is 5.84. The summed E-state index contributed by atoms with van der Waals surface area (Å²) in [5, 5.41) is 10.8. The van der Waals surface area contributed by atoms with E-state index in [1.54, 1.807) is 12.1 Å². The van der Waals surface area contributed by atoms with Crippen molar-refractivity contribution < 1.29 is 9.18 Å². The van der Waals surface area contributed by atoms with Crippen LogP contribution < -0.4 is 10.9 Å². The predicted octanol–water partition coefficient (Wildman–Crippen LogP) is 2.19. The summed E-state index contributed by atoms with van der Waals surface area (Å²) in [6.07, 6.45) is 1.49. The summed E-state index contributed by atoms with van der Waals surface area (Å²) in [6, 6.07) is 15.8. The van der Waals surface area contributed by atoms with E-state index in [0.717, 1.165) is 17.5 Å². The number of halogens is 1. The Kier molecular flexibility index (Phi) is 6.62. The number of carbonyl (C=O) groups excluding carboxylic acids is 1. The van der Waals surface area contributed by atoms with Crippen molar-refractivity contribution in [3.63, 3.8) is 0 Å². The zero-order chi connectivity index (χ0) is 19.8. The van der Waals surface area contributed by atoms with E-state index in [9.17, 15) is 14.0 Å². The number of hydrogen-bond acceptors (Lipinski definition) is 4. The molecule has 0 aliphatic heterocycles. The van der Waals surface area contributed by atoms with Crippen LogP contribution in [0, 0.1) is 5.82 Å². The maximum absolute atomic E-state index is 12.9. The first kappa shape index (κ1) is 19.4. The van der Waals surface area contributed by atoms with Gasteiger partial charge in [-0.05, 0) is 29.7 Å². The van der Waals surface area contributed by atoms with Gasteiger partial charge >= 0.3 is 0 Å². The van der Waals surface area contributed by atoms with E-state index < -0.39 is 0 Å². The minimum absolute atomic E-state index is 0.132. The fourth-order valence-corrected chi connectivity index (χ4v) is 2.74. The molecule has 1 heterocycles. The normalized spacial score (nSPS) is 10.6. The first-order valence-corrected chi connectivity index (χ1v) is 9.10. The lowest BCUT2D eigenvalue weighted by atomic mass is 10.1. The lowest BCUT2D eigenvalue weighted by Gasteiger charge is -2.05. The maximum Gasteiger partial charge on any atom is 0.272 e. The molecule has 0 saturated carbocycles. The standard InChI is InChI=1S/C21H21FN4O2/c22-17-8-6-16(7-9-17)14-19-24-21(28)18(25-26-19)10-11-20(27)23-13-12-15-4-2-1-3-5-15/h1-9H,10-14H2,(H,23,27)(H,24,26,28). The van der Waals surface area contributed by atoms with Crippen molar-refractivity contribution in [2.45, 2.75) is 25.7 Å². The molecule has 3 rings (SSSR count). The molecule has 0 unspecified atom stereocenters. The number of amides is 1. The van der Waals surface area contributed by atoms with Crippen molar-refractivity contribution in [2.24, 2.45) is 0 Å². The highest BCUT2D eigenvalue weighted by atomic mass is 19.1. The number of rotatable bonds is 8. The van der Waals surface area contributed by atoms with Gasteiger partial charge < -0.3 is 10.3 Å². The Morgan fingerprint density at radius 3 is 2.43 bits per heavy atom. The lowest BCUT2D eigenvalue weighted by Crippen LogP contribution is -2.27. The van der Waals surface area contributed by atoms with Crippen LogP contribution in [0.25, 0.3) is 0 Å². The Morgan fingerprint density at radius 1 is 0.964 bits per heavy atom. The Bertz CT molecular complexity index is 972. The molecule has 0 atom stereocenters. The van der Waals surface area contributed by atoms with Gasteiger partial charge in [-0.1, -0.05) is 42.5 Å². The molecule has 144 valence electrons. The van der Waals surface area contributed by atoms with Crippen LogP contribution >= 0.6 is 0 Å². The van der Waals surface area contributed by atoms with Gasteiger partial charge in [-0.25, -0.2) is 4.39 Å². The minimum Gasteiger partial charge on any atom is -0.356 e. The zero-order valence-corrected chi connectivity index (χ0v) is 15.3. The molecule has 0 aliphatic rings. The summed E-state index contributed by atoms with van der Waals surface area (Å²) in [6.45, 7) is 0.543. The minimum atomic E-state index is -0.357. The molecular formula is C21H21FN4O2. The smallest absolute Gasteiger partial charge is 0.272 e. The molecule has 6 nitrogen and oxygen atoms in total. The summed E-state index contributed by atoms with van der Waals surface area (Å²) in [5.41, 5.74) is 1.84. The number of benzene rings is 2. The number of hydrogen-bond donors (Lipinski definition) is 2. The zero-order valence-electron chi connectivity index (χ0n) is 15.3. The molecule has 28 heavy (non-hydrogen) atoms. The molecule has 3 aromatic rings. The van der Waals surface area contributed by atoms with Crippen LogP contribution in [0.5, 0.6) is 0 Å². The van der Waals surface area contributed by atoms with Crippen molar-refractivity contribution >= 4 is 5.91 Å². The first-order valence-electron chi connectivity index (χ1n) is 9.10. The van der Waals surface area contributed by atoms with Gasteiger partial charge in [-0.3, -0.25) is 9.59 Å². The number of aromatic amines is 1. The van der Waals surface area contributed by atoms with Gasteiger partial charge in [0.1, 0.15) is 17.3 Å². The van der Waals surface area contributed by atoms with E-state index in [2.05, 4.69) is 20.5 Å². The molecule has 0 bridgehead atoms. The van der Waals surface area contributed by atoms with Crippen LogP contribution in [0.15, 0.2) is 59.4 Å². The van der Waals surface area contributed by atoms with Gasteiger partial charge in [0.15, 0.2) is 0 Å². The highest BCUT2D eigenvalue weighted by Crippen LogP contribution is 2.06. The summed E-state index contributed by atoms with van der Waals surface area (Å²) in [7, 11) is 0. The largest absolute Gasteiger partial charge is 0.356 e. The summed E-state index contributed by atoms with van der Waals surface area (Å²) in [4.78, 5) is 26.8. The topological polar surface area (TPSA) is 87.7 Å².